The third-order valence-electron chi connectivity index (χ3n) is 3.28. The van der Waals surface area contributed by atoms with Crippen molar-refractivity contribution >= 4 is 22.6 Å². The van der Waals surface area contributed by atoms with Crippen LogP contribution >= 0.6 is 0 Å². The number of fused-ring (bicyclic) bond motifs is 3. The summed E-state index contributed by atoms with van der Waals surface area (Å²) >= 11 is 0. The molecular formula is C14H14N2O3. The summed E-state index contributed by atoms with van der Waals surface area (Å²) in [5.41, 5.74) is 9.26. The number of para-hydroxylation sites is 1. The van der Waals surface area contributed by atoms with E-state index in [4.69, 9.17) is 10.5 Å². The molecule has 2 heterocycles. The lowest BCUT2D eigenvalue weighted by Crippen LogP contribution is -2.16. The number of carbonyl (C=O) groups is 1. The third-order valence-corrected chi connectivity index (χ3v) is 3.28. The van der Waals surface area contributed by atoms with Crippen LogP contribution in [0.3, 0.4) is 0 Å². The third kappa shape index (κ3) is 1.83. The van der Waals surface area contributed by atoms with Crippen molar-refractivity contribution in [1.29, 1.82) is 0 Å². The van der Waals surface area contributed by atoms with E-state index in [-0.39, 0.29) is 18.5 Å². The lowest BCUT2D eigenvalue weighted by molar-refractivity contribution is -0.143. The molecule has 0 radical (unpaired) electrons. The molecule has 0 amide bonds. The van der Waals surface area contributed by atoms with Crippen LogP contribution in [0.1, 0.15) is 23.8 Å². The maximum absolute atomic E-state index is 11.4. The number of ether oxygens (including phenoxy) is 2. The summed E-state index contributed by atoms with van der Waals surface area (Å²) in [7, 11) is 1.36. The molecule has 5 nitrogen and oxygen atoms in total. The highest BCUT2D eigenvalue weighted by Crippen LogP contribution is 2.37. The van der Waals surface area contributed by atoms with E-state index >= 15 is 0 Å². The molecule has 1 unspecified atom stereocenters. The van der Waals surface area contributed by atoms with E-state index in [1.54, 1.807) is 0 Å². The Morgan fingerprint density at radius 3 is 3.05 bits per heavy atom. The Hall–Kier alpha value is -2.43. The Kier molecular flexibility index (Phi) is 2.67. The number of hydrogen-bond acceptors (Lipinski definition) is 4. The molecule has 1 aliphatic heterocycles. The summed E-state index contributed by atoms with van der Waals surface area (Å²) in [5, 5.41) is 1.03. The maximum Gasteiger partial charge on any atom is 0.309 e. The fourth-order valence-corrected chi connectivity index (χ4v) is 2.38. The molecule has 1 aromatic heterocycles. The molecule has 0 fully saturated rings. The zero-order valence-electron chi connectivity index (χ0n) is 10.5. The molecule has 19 heavy (non-hydrogen) atoms. The number of aromatic amines is 1. The van der Waals surface area contributed by atoms with Gasteiger partial charge in [-0.1, -0.05) is 18.2 Å². The normalized spacial score (nSPS) is 17.5. The van der Waals surface area contributed by atoms with Crippen LogP contribution in [0, 0.1) is 0 Å². The van der Waals surface area contributed by atoms with Gasteiger partial charge >= 0.3 is 5.97 Å². The van der Waals surface area contributed by atoms with Gasteiger partial charge in [0.15, 0.2) is 0 Å². The molecule has 0 bridgehead atoms. The zero-order chi connectivity index (χ0) is 13.4. The zero-order valence-corrected chi connectivity index (χ0v) is 10.5. The molecule has 1 aromatic carbocycles. The molecule has 98 valence electrons. The fraction of sp³-hybridized carbons (Fsp3) is 0.214. The number of nitrogens with two attached hydrogens (primary N) is 1. The fourth-order valence-electron chi connectivity index (χ4n) is 2.38. The second-order valence-corrected chi connectivity index (χ2v) is 4.44. The molecule has 0 spiro atoms. The van der Waals surface area contributed by atoms with E-state index in [0.717, 1.165) is 22.2 Å². The first-order valence-electron chi connectivity index (χ1n) is 5.99. The molecule has 1 aliphatic rings. The van der Waals surface area contributed by atoms with Crippen molar-refractivity contribution in [2.24, 2.45) is 5.73 Å². The van der Waals surface area contributed by atoms with Gasteiger partial charge in [-0.05, 0) is 6.07 Å². The summed E-state index contributed by atoms with van der Waals surface area (Å²) in [4.78, 5) is 14.7. The Balaban J connectivity index is 2.11. The molecule has 3 N–H and O–H groups in total. The second-order valence-electron chi connectivity index (χ2n) is 4.44. The van der Waals surface area contributed by atoms with Crippen molar-refractivity contribution in [2.75, 3.05) is 7.11 Å². The molecular weight excluding hydrogens is 244 g/mol. The molecule has 5 heteroatoms. The number of carbonyl (C=O) groups excluding carboxylic acids is 1. The van der Waals surface area contributed by atoms with Gasteiger partial charge in [0.1, 0.15) is 12.4 Å². The minimum atomic E-state index is -0.387. The number of aromatic nitrogens is 1. The first-order valence-corrected chi connectivity index (χ1v) is 5.99. The van der Waals surface area contributed by atoms with E-state index < -0.39 is 0 Å². The van der Waals surface area contributed by atoms with Crippen molar-refractivity contribution in [3.05, 3.63) is 41.8 Å². The van der Waals surface area contributed by atoms with Crippen LogP contribution in [0.5, 0.6) is 0 Å². The van der Waals surface area contributed by atoms with E-state index in [2.05, 4.69) is 9.72 Å². The van der Waals surface area contributed by atoms with Crippen LogP contribution in [0.15, 0.2) is 30.5 Å². The lowest BCUT2D eigenvalue weighted by Gasteiger charge is -2.21. The van der Waals surface area contributed by atoms with E-state index in [0.29, 0.717) is 5.70 Å². The van der Waals surface area contributed by atoms with Gasteiger partial charge in [0.05, 0.1) is 24.9 Å². The van der Waals surface area contributed by atoms with E-state index in [1.807, 2.05) is 24.3 Å². The van der Waals surface area contributed by atoms with Crippen LogP contribution in [0.2, 0.25) is 0 Å². The van der Waals surface area contributed by atoms with Gasteiger partial charge in [-0.3, -0.25) is 4.79 Å². The van der Waals surface area contributed by atoms with Crippen LogP contribution in [-0.2, 0) is 14.3 Å². The van der Waals surface area contributed by atoms with Crippen LogP contribution in [-0.4, -0.2) is 18.1 Å². The minimum Gasteiger partial charge on any atom is -0.489 e. The molecule has 1 atom stereocenters. The summed E-state index contributed by atoms with van der Waals surface area (Å²) in [6.45, 7) is 0. The van der Waals surface area contributed by atoms with Crippen molar-refractivity contribution in [1.82, 2.24) is 4.98 Å². The topological polar surface area (TPSA) is 77.3 Å². The summed E-state index contributed by atoms with van der Waals surface area (Å²) in [6.07, 6.45) is 1.26. The van der Waals surface area contributed by atoms with Gasteiger partial charge < -0.3 is 20.2 Å². The van der Waals surface area contributed by atoms with Crippen molar-refractivity contribution in [3.63, 3.8) is 0 Å². The Bertz CT molecular complexity index is 672. The molecule has 0 saturated heterocycles. The average Bonchev–Trinajstić information content (AvgIpc) is 2.82. The first kappa shape index (κ1) is 11.6. The first-order chi connectivity index (χ1) is 9.20. The lowest BCUT2D eigenvalue weighted by atomic mass is 10.0. The predicted octanol–water partition coefficient (Wildman–Crippen LogP) is 2.06. The largest absolute Gasteiger partial charge is 0.489 e. The number of rotatable bonds is 2. The predicted molar refractivity (Wildman–Crippen MR) is 70.9 cm³/mol. The van der Waals surface area contributed by atoms with E-state index in [1.165, 1.54) is 13.4 Å². The smallest absolute Gasteiger partial charge is 0.309 e. The number of nitrogens with one attached hydrogen (secondary N) is 1. The molecule has 0 aliphatic carbocycles. The number of benzene rings is 1. The second kappa shape index (κ2) is 4.35. The van der Waals surface area contributed by atoms with E-state index in [9.17, 15) is 4.79 Å². The average molecular weight is 258 g/mol. The summed E-state index contributed by atoms with van der Waals surface area (Å²) < 4.78 is 10.2. The highest BCUT2D eigenvalue weighted by Gasteiger charge is 2.28. The van der Waals surface area contributed by atoms with Gasteiger partial charge in [0, 0.05) is 16.5 Å². The van der Waals surface area contributed by atoms with Gasteiger partial charge in [-0.25, -0.2) is 0 Å². The van der Waals surface area contributed by atoms with Crippen LogP contribution < -0.4 is 5.73 Å². The van der Waals surface area contributed by atoms with Crippen molar-refractivity contribution < 1.29 is 14.3 Å². The highest BCUT2D eigenvalue weighted by molar-refractivity contribution is 5.94. The quantitative estimate of drug-likeness (QED) is 0.808. The number of H-pyrrole nitrogens is 1. The van der Waals surface area contributed by atoms with Gasteiger partial charge in [-0.2, -0.15) is 0 Å². The Labute approximate surface area is 110 Å². The van der Waals surface area contributed by atoms with Crippen molar-refractivity contribution in [2.45, 2.75) is 12.5 Å². The van der Waals surface area contributed by atoms with Gasteiger partial charge in [-0.15, -0.1) is 0 Å². The number of methoxy groups -OCH3 is 1. The Morgan fingerprint density at radius 2 is 2.26 bits per heavy atom. The maximum atomic E-state index is 11.4. The van der Waals surface area contributed by atoms with Gasteiger partial charge in [0.25, 0.3) is 0 Å². The molecule has 3 rings (SSSR count). The van der Waals surface area contributed by atoms with Gasteiger partial charge in [0.2, 0.25) is 0 Å². The molecule has 0 saturated carbocycles. The monoisotopic (exact) mass is 258 g/mol. The summed E-state index contributed by atoms with van der Waals surface area (Å²) in [6, 6.07) is 7.86. The summed E-state index contributed by atoms with van der Waals surface area (Å²) in [5.74, 6) is -0.316. The Morgan fingerprint density at radius 1 is 1.47 bits per heavy atom. The standard InChI is InChI=1S/C14H14N2O3/c1-18-12(17)6-11-14-13(9(15)7-19-11)8-4-2-3-5-10(8)16-14/h2-5,7,11,16H,6,15H2,1H3. The highest BCUT2D eigenvalue weighted by atomic mass is 16.5. The minimum absolute atomic E-state index is 0.153. The van der Waals surface area contributed by atoms with Crippen LogP contribution in [0.25, 0.3) is 16.6 Å². The molecule has 2 aromatic rings. The number of esters is 1. The van der Waals surface area contributed by atoms with Crippen molar-refractivity contribution in [3.8, 4) is 0 Å². The van der Waals surface area contributed by atoms with Crippen LogP contribution in [0.4, 0.5) is 0 Å². The SMILES string of the molecule is COC(=O)CC1OC=C(N)c2c1[nH]c1ccccc21. The number of hydrogen-bond donors (Lipinski definition) is 2.